The van der Waals surface area contributed by atoms with Crippen LogP contribution in [0, 0.1) is 39.4 Å². The van der Waals surface area contributed by atoms with Crippen LogP contribution in [0.2, 0.25) is 0 Å². The third kappa shape index (κ3) is 3.71. The number of aryl methyl sites for hydroxylation is 1. The molecule has 8 fully saturated rings. The van der Waals surface area contributed by atoms with Crippen LogP contribution in [0.5, 0.6) is 0 Å². The van der Waals surface area contributed by atoms with E-state index in [0.29, 0.717) is 25.7 Å². The van der Waals surface area contributed by atoms with E-state index in [2.05, 4.69) is 13.8 Å². The summed E-state index contributed by atoms with van der Waals surface area (Å²) in [6.07, 6.45) is 11.6. The minimum Gasteiger partial charge on any atom is -0.469 e. The van der Waals surface area contributed by atoms with Crippen molar-refractivity contribution in [2.45, 2.75) is 160 Å². The topological polar surface area (TPSA) is 125 Å². The molecule has 0 radical (unpaired) electrons. The van der Waals surface area contributed by atoms with Gasteiger partial charge in [-0.1, -0.05) is 58.8 Å². The van der Waals surface area contributed by atoms with Gasteiger partial charge in [-0.15, -0.1) is 0 Å². The summed E-state index contributed by atoms with van der Waals surface area (Å²) in [4.78, 5) is 43.4. The molecule has 5 heterocycles. The molecule has 0 aromatic carbocycles. The molecule has 8 aliphatic rings. The van der Waals surface area contributed by atoms with E-state index in [4.69, 9.17) is 23.4 Å². The number of ketones is 1. The van der Waals surface area contributed by atoms with Crippen molar-refractivity contribution in [3.8, 4) is 0 Å². The van der Waals surface area contributed by atoms with Crippen LogP contribution in [0.4, 0.5) is 0 Å². The number of Topliss-reactive ketones (excluding diaryl/α,β-unsaturated/α-hetero) is 1. The summed E-state index contributed by atoms with van der Waals surface area (Å²) in [5.41, 5.74) is -4.59. The average molecular weight is 679 g/mol. The molecule has 4 saturated carbocycles. The molecule has 1 N–H and O–H groups in total. The normalized spacial score (nSPS) is 46.3. The number of carbonyl (C=O) groups is 3. The van der Waals surface area contributed by atoms with Crippen LogP contribution in [0.25, 0.3) is 0 Å². The Morgan fingerprint density at radius 3 is 2.39 bits per heavy atom. The number of hydrogen-bond acceptors (Lipinski definition) is 9. The maximum atomic E-state index is 15.3. The van der Waals surface area contributed by atoms with Gasteiger partial charge in [0, 0.05) is 28.2 Å². The molecular weight excluding hydrogens is 624 g/mol. The van der Waals surface area contributed by atoms with E-state index in [1.54, 1.807) is 6.26 Å². The second-order valence-electron chi connectivity index (χ2n) is 18.0. The lowest BCUT2D eigenvalue weighted by Crippen LogP contribution is -2.79. The van der Waals surface area contributed by atoms with Crippen LogP contribution in [-0.4, -0.2) is 58.9 Å². The summed E-state index contributed by atoms with van der Waals surface area (Å²) in [5, 5.41) is 13.0. The van der Waals surface area contributed by atoms with Gasteiger partial charge in [0.15, 0.2) is 11.9 Å². The molecule has 9 nitrogen and oxygen atoms in total. The molecule has 10 atom stereocenters. The van der Waals surface area contributed by atoms with Gasteiger partial charge in [-0.3, -0.25) is 9.59 Å². The van der Waals surface area contributed by atoms with Gasteiger partial charge in [0.25, 0.3) is 0 Å². The number of esters is 2. The molecule has 0 amide bonds. The first-order valence-electron chi connectivity index (χ1n) is 19.5. The highest BCUT2D eigenvalue weighted by Gasteiger charge is 2.93. The molecule has 9 rings (SSSR count). The fourth-order valence-electron chi connectivity index (χ4n) is 14.1. The quantitative estimate of drug-likeness (QED) is 0.202. The Kier molecular flexibility index (Phi) is 7.11. The van der Waals surface area contributed by atoms with Crippen molar-refractivity contribution in [3.63, 3.8) is 0 Å². The molecule has 1 unspecified atom stereocenters. The molecule has 9 heteroatoms. The second kappa shape index (κ2) is 10.7. The largest absolute Gasteiger partial charge is 0.469 e. The van der Waals surface area contributed by atoms with Gasteiger partial charge in [0.2, 0.25) is 0 Å². The summed E-state index contributed by atoms with van der Waals surface area (Å²) < 4.78 is 32.8. The maximum absolute atomic E-state index is 15.3. The van der Waals surface area contributed by atoms with Gasteiger partial charge in [-0.05, 0) is 76.7 Å². The first-order valence-corrected chi connectivity index (χ1v) is 19.5. The van der Waals surface area contributed by atoms with Crippen molar-refractivity contribution >= 4 is 17.7 Å². The highest BCUT2D eigenvalue weighted by molar-refractivity contribution is 5.92. The van der Waals surface area contributed by atoms with Gasteiger partial charge in [0.05, 0.1) is 29.3 Å². The number of rotatable bonds is 6. The summed E-state index contributed by atoms with van der Waals surface area (Å²) in [7, 11) is 0. The van der Waals surface area contributed by atoms with Crippen LogP contribution < -0.4 is 0 Å². The Morgan fingerprint density at radius 2 is 1.65 bits per heavy atom. The number of furan rings is 1. The van der Waals surface area contributed by atoms with Crippen molar-refractivity contribution in [3.05, 3.63) is 23.7 Å². The van der Waals surface area contributed by atoms with E-state index in [-0.39, 0.29) is 30.2 Å². The zero-order valence-corrected chi connectivity index (χ0v) is 29.7. The van der Waals surface area contributed by atoms with Gasteiger partial charge < -0.3 is 28.5 Å². The number of ether oxygens (including phenoxy) is 4. The lowest BCUT2D eigenvalue weighted by molar-refractivity contribution is -0.284. The molecule has 268 valence electrons. The van der Waals surface area contributed by atoms with E-state index in [1.807, 2.05) is 19.9 Å². The number of cyclic esters (lactones) is 2. The predicted octanol–water partition coefficient (Wildman–Crippen LogP) is 6.57. The van der Waals surface area contributed by atoms with Crippen molar-refractivity contribution in [1.82, 2.24) is 0 Å². The zero-order chi connectivity index (χ0) is 34.2. The summed E-state index contributed by atoms with van der Waals surface area (Å²) >= 11 is 0. The summed E-state index contributed by atoms with van der Waals surface area (Å²) in [6, 6.07) is 1.95. The van der Waals surface area contributed by atoms with Gasteiger partial charge in [-0.2, -0.15) is 0 Å². The van der Waals surface area contributed by atoms with Gasteiger partial charge in [0.1, 0.15) is 30.2 Å². The van der Waals surface area contributed by atoms with Crippen molar-refractivity contribution < 1.29 is 42.9 Å². The molecule has 49 heavy (non-hydrogen) atoms. The summed E-state index contributed by atoms with van der Waals surface area (Å²) in [5.74, 6) is -0.955. The van der Waals surface area contributed by atoms with Crippen LogP contribution in [-0.2, 0) is 39.8 Å². The fourth-order valence-corrected chi connectivity index (χ4v) is 14.1. The van der Waals surface area contributed by atoms with Crippen LogP contribution in [0.15, 0.2) is 16.7 Å². The molecule has 4 aliphatic carbocycles. The second-order valence-corrected chi connectivity index (χ2v) is 18.0. The molecule has 4 saturated heterocycles. The van der Waals surface area contributed by atoms with E-state index >= 15 is 4.79 Å². The number of carbonyl (C=O) groups excluding carboxylic acids is 3. The van der Waals surface area contributed by atoms with E-state index < -0.39 is 69.2 Å². The van der Waals surface area contributed by atoms with E-state index in [9.17, 15) is 14.7 Å². The lowest BCUT2D eigenvalue weighted by atomic mass is 9.32. The molecule has 0 bridgehead atoms. The average Bonchev–Trinajstić information content (AvgIpc) is 3.34. The number of aliphatic hydroxyl groups is 1. The molecular formula is C40H54O9. The maximum Gasteiger partial charge on any atom is 0.339 e. The fraction of sp³-hybridized carbons (Fsp3) is 0.825. The van der Waals surface area contributed by atoms with Crippen LogP contribution in [0.3, 0.4) is 0 Å². The Hall–Kier alpha value is -2.23. The third-order valence-corrected chi connectivity index (χ3v) is 15.7. The monoisotopic (exact) mass is 678 g/mol. The Morgan fingerprint density at radius 1 is 0.898 bits per heavy atom. The number of unbranched alkanes of at least 4 members (excludes halogenated alkanes) is 2. The van der Waals surface area contributed by atoms with E-state index in [0.717, 1.165) is 82.0 Å². The molecule has 3 spiro atoms. The van der Waals surface area contributed by atoms with E-state index in [1.165, 1.54) is 0 Å². The molecule has 1 aromatic heterocycles. The van der Waals surface area contributed by atoms with Crippen molar-refractivity contribution in [2.75, 3.05) is 6.61 Å². The molecule has 1 aromatic rings. The Bertz CT molecular complexity index is 1550. The third-order valence-electron chi connectivity index (χ3n) is 15.7. The Balaban J connectivity index is 1.26. The Labute approximate surface area is 289 Å². The standard InChI is InChI=1S/C40H54O9/c1-5-6-8-15-25-24(17-21-45-25)30-36(4)20-16-26-38-22-46-34(44)37(18-11-12-19-37)33(38)49-35(2,3)28(38)27(41)29(42)39(26,23-13-9-7-10-14-23)40(36)31(48-40)32(43)47-30/h17,21,23,26,28-31,33,42H,5-16,18-20,22H2,1-4H3/t26?,28-,29-,30-,31-,33+,36-,38-,39+,40+/m1/s1. The van der Waals surface area contributed by atoms with Crippen molar-refractivity contribution in [1.29, 1.82) is 0 Å². The smallest absolute Gasteiger partial charge is 0.339 e. The minimum atomic E-state index is -1.35. The van der Waals surface area contributed by atoms with Gasteiger partial charge >= 0.3 is 11.9 Å². The SMILES string of the molecule is CCCCCc1occc1[C@H]1OC(=O)[C@H]2O[C@@]23[C@@]2(C4CCCCC4)C(CC[C@]13C)[C@@]13COC(=O)C4(CCCC4)[C@@H]1OC(C)(C)[C@H]3C(=O)[C@H]2O. The summed E-state index contributed by atoms with van der Waals surface area (Å²) in [6.45, 7) is 8.39. The number of fused-ring (bicyclic) bond motifs is 2. The first kappa shape index (κ1) is 32.7. The predicted molar refractivity (Wildman–Crippen MR) is 176 cm³/mol. The van der Waals surface area contributed by atoms with Crippen LogP contribution >= 0.6 is 0 Å². The minimum absolute atomic E-state index is 0.0495. The highest BCUT2D eigenvalue weighted by Crippen LogP contribution is 2.83. The highest BCUT2D eigenvalue weighted by atomic mass is 16.7. The van der Waals surface area contributed by atoms with Crippen molar-refractivity contribution in [2.24, 2.45) is 39.4 Å². The molecule has 4 aliphatic heterocycles. The first-order chi connectivity index (χ1) is 23.5. The lowest BCUT2D eigenvalue weighted by Gasteiger charge is -2.70. The number of epoxide rings is 1. The van der Waals surface area contributed by atoms with Crippen LogP contribution in [0.1, 0.15) is 135 Å². The van der Waals surface area contributed by atoms with Gasteiger partial charge in [-0.25, -0.2) is 4.79 Å². The zero-order valence-electron chi connectivity index (χ0n) is 29.7. The number of aliphatic hydroxyl groups excluding tert-OH is 1. The number of hydrogen-bond donors (Lipinski definition) is 1.